The lowest BCUT2D eigenvalue weighted by molar-refractivity contribution is -0.137. The maximum Gasteiger partial charge on any atom is 0.349 e. The Morgan fingerprint density at radius 2 is 0.921 bits per heavy atom. The van der Waals surface area contributed by atoms with E-state index >= 15 is 0 Å². The molecule has 0 radical (unpaired) electrons. The van der Waals surface area contributed by atoms with Crippen LogP contribution in [-0.4, -0.2) is 25.2 Å². The van der Waals surface area contributed by atoms with Crippen LogP contribution in [0.1, 0.15) is 0 Å². The van der Waals surface area contributed by atoms with Gasteiger partial charge in [0, 0.05) is 21.5 Å². The van der Waals surface area contributed by atoms with E-state index in [0.717, 1.165) is 0 Å². The molecule has 0 amide bonds. The van der Waals surface area contributed by atoms with E-state index in [0.29, 0.717) is 54.6 Å². The number of rotatable bonds is 8. The summed E-state index contributed by atoms with van der Waals surface area (Å²) in [7, 11) is 0. The lowest BCUT2D eigenvalue weighted by Crippen LogP contribution is -2.19. The van der Waals surface area contributed by atoms with Crippen molar-refractivity contribution < 1.29 is 28.5 Å². The van der Waals surface area contributed by atoms with Gasteiger partial charge in [0.25, 0.3) is 0 Å². The fourth-order valence-electron chi connectivity index (χ4n) is 4.02. The molecule has 5 rings (SSSR count). The van der Waals surface area contributed by atoms with E-state index in [2.05, 4.69) is 0 Å². The summed E-state index contributed by atoms with van der Waals surface area (Å²) in [6, 6.07) is 27.8. The number of carbonyl (C=O) groups excluding carboxylic acids is 2. The molecule has 190 valence electrons. The molecule has 5 aromatic rings. The number of hydrogen-bond acceptors (Lipinski definition) is 6. The zero-order valence-electron chi connectivity index (χ0n) is 19.9. The van der Waals surface area contributed by atoms with Crippen LogP contribution in [0, 0.1) is 0 Å². The van der Waals surface area contributed by atoms with E-state index in [1.54, 1.807) is 84.9 Å². The topological polar surface area (TPSA) is 71.1 Å². The molecule has 0 unspecified atom stereocenters. The van der Waals surface area contributed by atoms with Crippen molar-refractivity contribution in [2.75, 3.05) is 13.2 Å². The summed E-state index contributed by atoms with van der Waals surface area (Å²) < 4.78 is 22.7. The van der Waals surface area contributed by atoms with E-state index in [-0.39, 0.29) is 13.2 Å². The Labute approximate surface area is 228 Å². The molecule has 0 bridgehead atoms. The summed E-state index contributed by atoms with van der Waals surface area (Å²) in [5.41, 5.74) is 0. The quantitative estimate of drug-likeness (QED) is 0.116. The monoisotopic (exact) mass is 546 g/mol. The van der Waals surface area contributed by atoms with Gasteiger partial charge in [0.1, 0.15) is 23.0 Å². The lowest BCUT2D eigenvalue weighted by atomic mass is 10.0. The third-order valence-corrected chi connectivity index (χ3v) is 6.22. The van der Waals surface area contributed by atoms with Crippen LogP contribution in [0.4, 0.5) is 0 Å². The second-order valence-corrected chi connectivity index (χ2v) is 8.95. The van der Waals surface area contributed by atoms with E-state index in [4.69, 9.17) is 42.1 Å². The smallest absolute Gasteiger partial charge is 0.349 e. The van der Waals surface area contributed by atoms with Gasteiger partial charge < -0.3 is 18.9 Å². The molecule has 0 saturated carbocycles. The molecule has 0 saturated heterocycles. The molecule has 0 N–H and O–H groups in total. The molecular formula is C30H20Cl2O6. The molecule has 0 spiro atoms. The van der Waals surface area contributed by atoms with Crippen LogP contribution in [0.5, 0.6) is 23.0 Å². The van der Waals surface area contributed by atoms with Crippen LogP contribution in [0.25, 0.3) is 21.5 Å². The van der Waals surface area contributed by atoms with E-state index in [1.807, 2.05) is 12.1 Å². The highest BCUT2D eigenvalue weighted by molar-refractivity contribution is 6.40. The van der Waals surface area contributed by atoms with Gasteiger partial charge >= 0.3 is 11.9 Å². The summed E-state index contributed by atoms with van der Waals surface area (Å²) in [6.07, 6.45) is 0. The average molecular weight is 547 g/mol. The van der Waals surface area contributed by atoms with Gasteiger partial charge in [-0.2, -0.15) is 0 Å². The van der Waals surface area contributed by atoms with Gasteiger partial charge in [0.05, 0.1) is 10.0 Å². The third kappa shape index (κ3) is 5.52. The van der Waals surface area contributed by atoms with Crippen molar-refractivity contribution in [1.82, 2.24) is 0 Å². The number of hydrogen-bond donors (Lipinski definition) is 0. The average Bonchev–Trinajstić information content (AvgIpc) is 2.92. The molecule has 5 aromatic carbocycles. The van der Waals surface area contributed by atoms with Crippen molar-refractivity contribution in [1.29, 1.82) is 0 Å². The van der Waals surface area contributed by atoms with Gasteiger partial charge in [-0.3, -0.25) is 0 Å². The molecule has 0 atom stereocenters. The van der Waals surface area contributed by atoms with Crippen molar-refractivity contribution in [3.63, 3.8) is 0 Å². The summed E-state index contributed by atoms with van der Waals surface area (Å²) in [5.74, 6) is 0.317. The minimum absolute atomic E-state index is 0.340. The molecule has 0 aromatic heterocycles. The fraction of sp³-hybridized carbons (Fsp3) is 0.0667. The Hall–Kier alpha value is -4.26. The second kappa shape index (κ2) is 11.4. The van der Waals surface area contributed by atoms with Crippen molar-refractivity contribution in [2.24, 2.45) is 0 Å². The number of ether oxygens (including phenoxy) is 4. The number of benzene rings is 5. The number of para-hydroxylation sites is 2. The standard InChI is InChI=1S/C30H20Cl2O6/c31-23-15-8-14-22-27(23)29(35-17-25(33)37-19-9-3-1-4-10-19)21-13-7-16-24(32)28(21)30(22)36-18-26(34)38-20-11-5-2-6-12-20/h1-16H,17-18H2. The van der Waals surface area contributed by atoms with Crippen LogP contribution >= 0.6 is 23.2 Å². The first-order valence-electron chi connectivity index (χ1n) is 11.6. The van der Waals surface area contributed by atoms with Gasteiger partial charge in [-0.25, -0.2) is 9.59 Å². The Bertz CT molecular complexity index is 1500. The number of fused-ring (bicyclic) bond motifs is 2. The normalized spacial score (nSPS) is 10.8. The molecule has 0 aliphatic heterocycles. The minimum Gasteiger partial charge on any atom is -0.481 e. The highest BCUT2D eigenvalue weighted by Crippen LogP contribution is 2.47. The molecule has 8 heteroatoms. The van der Waals surface area contributed by atoms with Gasteiger partial charge in [-0.05, 0) is 36.4 Å². The Kier molecular flexibility index (Phi) is 7.63. The third-order valence-electron chi connectivity index (χ3n) is 5.59. The molecule has 0 fully saturated rings. The summed E-state index contributed by atoms with van der Waals surface area (Å²) in [5, 5.41) is 2.85. The predicted octanol–water partition coefficient (Wildman–Crippen LogP) is 7.27. The van der Waals surface area contributed by atoms with Crippen LogP contribution < -0.4 is 18.9 Å². The molecule has 0 aliphatic rings. The van der Waals surface area contributed by atoms with Crippen LogP contribution in [0.3, 0.4) is 0 Å². The molecular weight excluding hydrogens is 527 g/mol. The fourth-order valence-corrected chi connectivity index (χ4v) is 4.54. The lowest BCUT2D eigenvalue weighted by Gasteiger charge is -2.19. The largest absolute Gasteiger partial charge is 0.481 e. The number of carbonyl (C=O) groups is 2. The van der Waals surface area contributed by atoms with Gasteiger partial charge in [-0.1, -0.05) is 83.9 Å². The highest BCUT2D eigenvalue weighted by Gasteiger charge is 2.22. The van der Waals surface area contributed by atoms with Crippen LogP contribution in [0.15, 0.2) is 97.1 Å². The van der Waals surface area contributed by atoms with Gasteiger partial charge in [0.15, 0.2) is 13.2 Å². The second-order valence-electron chi connectivity index (χ2n) is 8.13. The minimum atomic E-state index is -0.587. The highest BCUT2D eigenvalue weighted by atomic mass is 35.5. The Balaban J connectivity index is 1.50. The Morgan fingerprint density at radius 3 is 1.32 bits per heavy atom. The molecule has 38 heavy (non-hydrogen) atoms. The Morgan fingerprint density at radius 1 is 0.526 bits per heavy atom. The van der Waals surface area contributed by atoms with Gasteiger partial charge in [0.2, 0.25) is 0 Å². The zero-order valence-corrected chi connectivity index (χ0v) is 21.4. The first-order chi connectivity index (χ1) is 18.5. The molecule has 0 aliphatic carbocycles. The zero-order chi connectivity index (χ0) is 26.5. The summed E-state index contributed by atoms with van der Waals surface area (Å²) >= 11 is 13.2. The van der Waals surface area contributed by atoms with Crippen molar-refractivity contribution >= 4 is 56.7 Å². The maximum atomic E-state index is 12.5. The number of esters is 2. The van der Waals surface area contributed by atoms with Crippen molar-refractivity contribution in [2.45, 2.75) is 0 Å². The van der Waals surface area contributed by atoms with Gasteiger partial charge in [-0.15, -0.1) is 0 Å². The predicted molar refractivity (Wildman–Crippen MR) is 147 cm³/mol. The van der Waals surface area contributed by atoms with E-state index in [1.165, 1.54) is 0 Å². The van der Waals surface area contributed by atoms with E-state index in [9.17, 15) is 9.59 Å². The maximum absolute atomic E-state index is 12.5. The van der Waals surface area contributed by atoms with Crippen LogP contribution in [-0.2, 0) is 9.59 Å². The number of halogens is 2. The molecule has 0 heterocycles. The van der Waals surface area contributed by atoms with Crippen molar-refractivity contribution in [3.05, 3.63) is 107 Å². The van der Waals surface area contributed by atoms with E-state index < -0.39 is 11.9 Å². The SMILES string of the molecule is O=C(COc1c2cccc(Cl)c2c(OCC(=O)Oc2ccccc2)c2cccc(Cl)c12)Oc1ccccc1. The summed E-state index contributed by atoms with van der Waals surface area (Å²) in [6.45, 7) is -0.749. The first kappa shape index (κ1) is 25.4. The molecule has 6 nitrogen and oxygen atoms in total. The first-order valence-corrected chi connectivity index (χ1v) is 12.4. The summed E-state index contributed by atoms with van der Waals surface area (Å²) in [4.78, 5) is 25.0. The van der Waals surface area contributed by atoms with Crippen molar-refractivity contribution in [3.8, 4) is 23.0 Å². The van der Waals surface area contributed by atoms with Crippen LogP contribution in [0.2, 0.25) is 10.0 Å².